The largest absolute Gasteiger partial charge is 0.491 e. The van der Waals surface area contributed by atoms with Crippen LogP contribution in [0.25, 0.3) is 0 Å². The van der Waals surface area contributed by atoms with Crippen molar-refractivity contribution in [3.63, 3.8) is 0 Å². The van der Waals surface area contributed by atoms with Crippen LogP contribution >= 0.6 is 0 Å². The highest BCUT2D eigenvalue weighted by atomic mass is 32.2. The molecular formula is C13H19NO4S. The summed E-state index contributed by atoms with van der Waals surface area (Å²) in [5.74, 6) is 0.681. The van der Waals surface area contributed by atoms with E-state index in [1.54, 1.807) is 26.0 Å². The number of aryl methyl sites for hydroxylation is 2. The van der Waals surface area contributed by atoms with Crippen LogP contribution in [-0.2, 0) is 14.8 Å². The molecule has 2 rings (SSSR count). The van der Waals surface area contributed by atoms with Crippen LogP contribution in [0.15, 0.2) is 17.0 Å². The number of hydrogen-bond donors (Lipinski definition) is 1. The van der Waals surface area contributed by atoms with Crippen molar-refractivity contribution in [2.45, 2.75) is 37.7 Å². The van der Waals surface area contributed by atoms with E-state index < -0.39 is 10.0 Å². The molecular weight excluding hydrogens is 266 g/mol. The maximum absolute atomic E-state index is 11.4. The topological polar surface area (TPSA) is 78.6 Å². The Hall–Kier alpha value is -1.11. The molecule has 1 saturated heterocycles. The van der Waals surface area contributed by atoms with Crippen molar-refractivity contribution in [2.24, 2.45) is 5.14 Å². The summed E-state index contributed by atoms with van der Waals surface area (Å²) in [6, 6.07) is 3.26. The minimum atomic E-state index is -3.68. The molecule has 19 heavy (non-hydrogen) atoms. The van der Waals surface area contributed by atoms with Crippen molar-refractivity contribution in [1.82, 2.24) is 0 Å². The molecule has 1 aliphatic rings. The van der Waals surface area contributed by atoms with Crippen molar-refractivity contribution in [3.8, 4) is 5.75 Å². The zero-order chi connectivity index (χ0) is 14.0. The average molecular weight is 285 g/mol. The fourth-order valence-electron chi connectivity index (χ4n) is 2.18. The Morgan fingerprint density at radius 1 is 1.37 bits per heavy atom. The molecule has 0 spiro atoms. The Labute approximate surface area is 113 Å². The van der Waals surface area contributed by atoms with Crippen LogP contribution in [0, 0.1) is 13.8 Å². The summed E-state index contributed by atoms with van der Waals surface area (Å²) in [7, 11) is -3.68. The van der Waals surface area contributed by atoms with E-state index >= 15 is 0 Å². The van der Waals surface area contributed by atoms with Crippen LogP contribution in [0.1, 0.15) is 24.0 Å². The van der Waals surface area contributed by atoms with Crippen LogP contribution in [0.2, 0.25) is 0 Å². The fraction of sp³-hybridized carbons (Fsp3) is 0.538. The van der Waals surface area contributed by atoms with E-state index in [0.29, 0.717) is 17.9 Å². The van der Waals surface area contributed by atoms with Gasteiger partial charge in [0.2, 0.25) is 10.0 Å². The van der Waals surface area contributed by atoms with Gasteiger partial charge >= 0.3 is 0 Å². The predicted molar refractivity (Wildman–Crippen MR) is 71.8 cm³/mol. The molecule has 1 unspecified atom stereocenters. The molecule has 5 nitrogen and oxygen atoms in total. The number of primary sulfonamides is 1. The van der Waals surface area contributed by atoms with Gasteiger partial charge in [-0.2, -0.15) is 0 Å². The van der Waals surface area contributed by atoms with Crippen molar-refractivity contribution in [1.29, 1.82) is 0 Å². The summed E-state index contributed by atoms with van der Waals surface area (Å²) in [5.41, 5.74) is 1.35. The monoisotopic (exact) mass is 285 g/mol. The standard InChI is InChI=1S/C13H19NO4S/c1-9-7-13(19(14,15)16)10(2)6-12(9)18-8-11-4-3-5-17-11/h6-7,11H,3-5,8H2,1-2H3,(H2,14,15,16). The molecule has 6 heteroatoms. The Morgan fingerprint density at radius 2 is 2.11 bits per heavy atom. The Bertz CT molecular complexity index is 562. The number of rotatable bonds is 4. The summed E-state index contributed by atoms with van der Waals surface area (Å²) in [4.78, 5) is 0.148. The first-order valence-corrected chi connectivity index (χ1v) is 7.81. The molecule has 1 aliphatic heterocycles. The summed E-state index contributed by atoms with van der Waals surface area (Å²) >= 11 is 0. The van der Waals surface area contributed by atoms with E-state index in [1.165, 1.54) is 0 Å². The van der Waals surface area contributed by atoms with E-state index in [0.717, 1.165) is 25.0 Å². The van der Waals surface area contributed by atoms with E-state index in [4.69, 9.17) is 14.6 Å². The zero-order valence-corrected chi connectivity index (χ0v) is 12.0. The van der Waals surface area contributed by atoms with Gasteiger partial charge in [0.05, 0.1) is 11.0 Å². The molecule has 1 aromatic rings. The minimum Gasteiger partial charge on any atom is -0.491 e. The van der Waals surface area contributed by atoms with Crippen LogP contribution in [-0.4, -0.2) is 27.7 Å². The van der Waals surface area contributed by atoms with Crippen LogP contribution in [0.5, 0.6) is 5.75 Å². The van der Waals surface area contributed by atoms with Crippen LogP contribution < -0.4 is 9.88 Å². The first kappa shape index (κ1) is 14.3. The number of ether oxygens (including phenoxy) is 2. The maximum Gasteiger partial charge on any atom is 0.238 e. The van der Waals surface area contributed by atoms with E-state index in [-0.39, 0.29) is 11.0 Å². The van der Waals surface area contributed by atoms with Gasteiger partial charge in [0.1, 0.15) is 12.4 Å². The molecule has 1 atom stereocenters. The average Bonchev–Trinajstić information content (AvgIpc) is 2.81. The molecule has 0 radical (unpaired) electrons. The van der Waals surface area contributed by atoms with Crippen molar-refractivity contribution in [3.05, 3.63) is 23.3 Å². The van der Waals surface area contributed by atoms with Gasteiger partial charge in [-0.25, -0.2) is 13.6 Å². The summed E-state index contributed by atoms with van der Waals surface area (Å²) in [6.07, 6.45) is 2.21. The van der Waals surface area contributed by atoms with E-state index in [9.17, 15) is 8.42 Å². The normalized spacial score (nSPS) is 19.6. The summed E-state index contributed by atoms with van der Waals surface area (Å²) < 4.78 is 34.0. The van der Waals surface area contributed by atoms with Gasteiger partial charge < -0.3 is 9.47 Å². The first-order chi connectivity index (χ1) is 8.88. The third kappa shape index (κ3) is 3.46. The van der Waals surface area contributed by atoms with Crippen molar-refractivity contribution in [2.75, 3.05) is 13.2 Å². The number of sulfonamides is 1. The lowest BCUT2D eigenvalue weighted by Gasteiger charge is -2.15. The zero-order valence-electron chi connectivity index (χ0n) is 11.2. The smallest absolute Gasteiger partial charge is 0.238 e. The summed E-state index contributed by atoms with van der Waals surface area (Å²) in [5, 5.41) is 5.16. The van der Waals surface area contributed by atoms with Gasteiger partial charge in [0.25, 0.3) is 0 Å². The third-order valence-electron chi connectivity index (χ3n) is 3.23. The lowest BCUT2D eigenvalue weighted by atomic mass is 10.1. The molecule has 0 amide bonds. The summed E-state index contributed by atoms with van der Waals surface area (Å²) in [6.45, 7) is 4.79. The van der Waals surface area contributed by atoms with E-state index in [2.05, 4.69) is 0 Å². The van der Waals surface area contributed by atoms with Crippen molar-refractivity contribution < 1.29 is 17.9 Å². The lowest BCUT2D eigenvalue weighted by Crippen LogP contribution is -2.17. The highest BCUT2D eigenvalue weighted by molar-refractivity contribution is 7.89. The van der Waals surface area contributed by atoms with Gasteiger partial charge in [-0.3, -0.25) is 0 Å². The minimum absolute atomic E-state index is 0.137. The molecule has 0 saturated carbocycles. The number of benzene rings is 1. The molecule has 106 valence electrons. The first-order valence-electron chi connectivity index (χ1n) is 6.26. The fourth-order valence-corrected chi connectivity index (χ4v) is 3.03. The number of hydrogen-bond acceptors (Lipinski definition) is 4. The maximum atomic E-state index is 11.4. The predicted octanol–water partition coefficient (Wildman–Crippen LogP) is 1.51. The molecule has 2 N–H and O–H groups in total. The van der Waals surface area contributed by atoms with Crippen LogP contribution in [0.3, 0.4) is 0 Å². The molecule has 1 heterocycles. The Kier molecular flexibility index (Phi) is 4.13. The second-order valence-corrected chi connectivity index (χ2v) is 6.40. The second-order valence-electron chi connectivity index (χ2n) is 4.87. The van der Waals surface area contributed by atoms with Gasteiger partial charge in [0, 0.05) is 6.61 Å². The lowest BCUT2D eigenvalue weighted by molar-refractivity contribution is 0.0677. The van der Waals surface area contributed by atoms with E-state index in [1.807, 2.05) is 0 Å². The molecule has 0 bridgehead atoms. The Balaban J connectivity index is 2.16. The Morgan fingerprint density at radius 3 is 2.68 bits per heavy atom. The highest BCUT2D eigenvalue weighted by Crippen LogP contribution is 2.26. The van der Waals surface area contributed by atoms with Gasteiger partial charge in [0.15, 0.2) is 0 Å². The van der Waals surface area contributed by atoms with Gasteiger partial charge in [-0.05, 0) is 49.9 Å². The third-order valence-corrected chi connectivity index (χ3v) is 4.28. The van der Waals surface area contributed by atoms with Gasteiger partial charge in [-0.1, -0.05) is 0 Å². The van der Waals surface area contributed by atoms with Crippen LogP contribution in [0.4, 0.5) is 0 Å². The van der Waals surface area contributed by atoms with Crippen molar-refractivity contribution >= 4 is 10.0 Å². The second kappa shape index (κ2) is 5.48. The molecule has 1 fully saturated rings. The quantitative estimate of drug-likeness (QED) is 0.909. The number of nitrogens with two attached hydrogens (primary N) is 1. The SMILES string of the molecule is Cc1cc(S(N)(=O)=O)c(C)cc1OCC1CCCO1. The van der Waals surface area contributed by atoms with Gasteiger partial charge in [-0.15, -0.1) is 0 Å². The molecule has 1 aromatic carbocycles. The highest BCUT2D eigenvalue weighted by Gasteiger charge is 2.18. The molecule has 0 aliphatic carbocycles. The molecule has 0 aromatic heterocycles.